The molecule has 25 heavy (non-hydrogen) atoms. The van der Waals surface area contributed by atoms with Gasteiger partial charge in [0.25, 0.3) is 0 Å². The van der Waals surface area contributed by atoms with Gasteiger partial charge in [-0.05, 0) is 61.5 Å². The van der Waals surface area contributed by atoms with Gasteiger partial charge in [0.2, 0.25) is 0 Å². The number of aryl methyl sites for hydroxylation is 2. The van der Waals surface area contributed by atoms with E-state index >= 15 is 0 Å². The third kappa shape index (κ3) is 4.45. The number of rotatable bonds is 4. The molecule has 0 aliphatic carbocycles. The van der Waals surface area contributed by atoms with Crippen molar-refractivity contribution in [1.29, 1.82) is 0 Å². The van der Waals surface area contributed by atoms with E-state index in [0.29, 0.717) is 11.7 Å². The largest absolute Gasteiger partial charge is 0.348 e. The summed E-state index contributed by atoms with van der Waals surface area (Å²) >= 11 is 5.53. The van der Waals surface area contributed by atoms with Crippen LogP contribution in [0.15, 0.2) is 60.9 Å². The molecule has 0 amide bonds. The van der Waals surface area contributed by atoms with Crippen LogP contribution < -0.4 is 5.32 Å². The van der Waals surface area contributed by atoms with Gasteiger partial charge in [-0.3, -0.25) is 0 Å². The van der Waals surface area contributed by atoms with Crippen LogP contribution in [0, 0.1) is 13.8 Å². The van der Waals surface area contributed by atoms with Gasteiger partial charge >= 0.3 is 0 Å². The molecule has 0 aliphatic rings. The summed E-state index contributed by atoms with van der Waals surface area (Å²) < 4.78 is 1.88. The number of para-hydroxylation sites is 1. The molecule has 0 unspecified atom stereocenters. The van der Waals surface area contributed by atoms with Gasteiger partial charge in [0.05, 0.1) is 11.9 Å². The molecule has 1 aromatic heterocycles. The zero-order chi connectivity index (χ0) is 17.8. The Morgan fingerprint density at radius 2 is 1.80 bits per heavy atom. The van der Waals surface area contributed by atoms with E-state index in [1.807, 2.05) is 59.4 Å². The average Bonchev–Trinajstić information content (AvgIpc) is 3.03. The highest BCUT2D eigenvalue weighted by atomic mass is 32.1. The lowest BCUT2D eigenvalue weighted by molar-refractivity contribution is 0.508. The second kappa shape index (κ2) is 7.49. The Morgan fingerprint density at radius 3 is 2.48 bits per heavy atom. The van der Waals surface area contributed by atoms with Gasteiger partial charge in [-0.25, -0.2) is 4.68 Å². The fourth-order valence-electron chi connectivity index (χ4n) is 2.78. The van der Waals surface area contributed by atoms with Crippen molar-refractivity contribution in [2.75, 3.05) is 12.4 Å². The first kappa shape index (κ1) is 17.2. The Bertz CT molecular complexity index is 850. The van der Waals surface area contributed by atoms with Crippen LogP contribution in [0.1, 0.15) is 16.7 Å². The van der Waals surface area contributed by atoms with Crippen LogP contribution in [0.25, 0.3) is 5.69 Å². The highest BCUT2D eigenvalue weighted by molar-refractivity contribution is 7.80. The molecule has 0 bridgehead atoms. The number of anilines is 1. The molecule has 0 spiro atoms. The van der Waals surface area contributed by atoms with Crippen LogP contribution in [-0.4, -0.2) is 26.8 Å². The zero-order valence-corrected chi connectivity index (χ0v) is 15.5. The number of nitrogens with one attached hydrogen (secondary N) is 1. The number of aromatic nitrogens is 2. The van der Waals surface area contributed by atoms with Crippen molar-refractivity contribution in [2.24, 2.45) is 0 Å². The molecule has 0 saturated carbocycles. The summed E-state index contributed by atoms with van der Waals surface area (Å²) in [5.41, 5.74) is 5.62. The summed E-state index contributed by atoms with van der Waals surface area (Å²) in [6.45, 7) is 4.87. The zero-order valence-electron chi connectivity index (χ0n) is 14.7. The average molecular weight is 350 g/mol. The maximum Gasteiger partial charge on any atom is 0.173 e. The van der Waals surface area contributed by atoms with Gasteiger partial charge in [-0.1, -0.05) is 24.3 Å². The summed E-state index contributed by atoms with van der Waals surface area (Å²) in [7, 11) is 1.98. The smallest absolute Gasteiger partial charge is 0.173 e. The topological polar surface area (TPSA) is 33.1 Å². The van der Waals surface area contributed by atoms with Crippen molar-refractivity contribution in [2.45, 2.75) is 20.4 Å². The lowest BCUT2D eigenvalue weighted by Crippen LogP contribution is -2.30. The minimum atomic E-state index is 0.692. The fraction of sp³-hybridized carbons (Fsp3) is 0.200. The first-order chi connectivity index (χ1) is 12.0. The van der Waals surface area contributed by atoms with Crippen molar-refractivity contribution in [3.05, 3.63) is 77.6 Å². The quantitative estimate of drug-likeness (QED) is 0.711. The van der Waals surface area contributed by atoms with Crippen LogP contribution in [0.2, 0.25) is 0 Å². The van der Waals surface area contributed by atoms with Gasteiger partial charge in [-0.15, -0.1) is 0 Å². The third-order valence-electron chi connectivity index (χ3n) is 3.90. The fourth-order valence-corrected chi connectivity index (χ4v) is 2.96. The van der Waals surface area contributed by atoms with E-state index in [1.165, 1.54) is 11.1 Å². The van der Waals surface area contributed by atoms with E-state index in [-0.39, 0.29) is 0 Å². The van der Waals surface area contributed by atoms with Gasteiger partial charge in [0, 0.05) is 31.0 Å². The van der Waals surface area contributed by atoms with Gasteiger partial charge in [-0.2, -0.15) is 5.10 Å². The van der Waals surface area contributed by atoms with Crippen molar-refractivity contribution in [1.82, 2.24) is 14.7 Å². The van der Waals surface area contributed by atoms with E-state index in [0.717, 1.165) is 16.9 Å². The Labute approximate surface area is 154 Å². The van der Waals surface area contributed by atoms with Crippen LogP contribution in [-0.2, 0) is 6.54 Å². The summed E-state index contributed by atoms with van der Waals surface area (Å²) in [6.07, 6.45) is 3.91. The van der Waals surface area contributed by atoms with E-state index in [1.54, 1.807) is 0 Å². The molecule has 0 saturated heterocycles. The monoisotopic (exact) mass is 350 g/mol. The third-order valence-corrected chi connectivity index (χ3v) is 4.31. The van der Waals surface area contributed by atoms with Gasteiger partial charge in [0.1, 0.15) is 0 Å². The highest BCUT2D eigenvalue weighted by Gasteiger charge is 2.08. The van der Waals surface area contributed by atoms with Crippen molar-refractivity contribution in [3.8, 4) is 5.69 Å². The van der Waals surface area contributed by atoms with Crippen LogP contribution >= 0.6 is 12.2 Å². The van der Waals surface area contributed by atoms with E-state index in [9.17, 15) is 0 Å². The summed E-state index contributed by atoms with van der Waals surface area (Å²) in [6, 6.07) is 16.4. The SMILES string of the molecule is Cc1cc(C)cc(NC(=S)N(C)Cc2cnn(-c3ccccc3)c2)c1. The molecule has 3 aromatic rings. The Hall–Kier alpha value is -2.66. The van der Waals surface area contributed by atoms with E-state index in [4.69, 9.17) is 12.2 Å². The minimum Gasteiger partial charge on any atom is -0.348 e. The highest BCUT2D eigenvalue weighted by Crippen LogP contribution is 2.15. The molecule has 1 heterocycles. The van der Waals surface area contributed by atoms with Crippen LogP contribution in [0.3, 0.4) is 0 Å². The molecule has 3 rings (SSSR count). The number of hydrogen-bond acceptors (Lipinski definition) is 2. The Balaban J connectivity index is 1.64. The van der Waals surface area contributed by atoms with Crippen LogP contribution in [0.4, 0.5) is 5.69 Å². The Morgan fingerprint density at radius 1 is 1.12 bits per heavy atom. The van der Waals surface area contributed by atoms with Gasteiger partial charge in [0.15, 0.2) is 5.11 Å². The number of nitrogens with zero attached hydrogens (tertiary/aromatic N) is 3. The lowest BCUT2D eigenvalue weighted by Gasteiger charge is -2.20. The first-order valence-corrected chi connectivity index (χ1v) is 8.61. The van der Waals surface area contributed by atoms with E-state index < -0.39 is 0 Å². The van der Waals surface area contributed by atoms with E-state index in [2.05, 4.69) is 42.5 Å². The molecule has 0 aliphatic heterocycles. The normalized spacial score (nSPS) is 10.5. The van der Waals surface area contributed by atoms with Crippen molar-refractivity contribution in [3.63, 3.8) is 0 Å². The molecule has 4 nitrogen and oxygen atoms in total. The second-order valence-corrected chi connectivity index (χ2v) is 6.68. The van der Waals surface area contributed by atoms with Crippen LogP contribution in [0.5, 0.6) is 0 Å². The second-order valence-electron chi connectivity index (χ2n) is 6.29. The van der Waals surface area contributed by atoms with Crippen molar-refractivity contribution < 1.29 is 0 Å². The first-order valence-electron chi connectivity index (χ1n) is 8.20. The molecular formula is C20H22N4S. The maximum atomic E-state index is 5.53. The molecule has 2 aromatic carbocycles. The summed E-state index contributed by atoms with van der Waals surface area (Å²) in [5.74, 6) is 0. The molecule has 0 atom stereocenters. The Kier molecular flexibility index (Phi) is 5.14. The molecular weight excluding hydrogens is 328 g/mol. The molecule has 0 radical (unpaired) electrons. The lowest BCUT2D eigenvalue weighted by atomic mass is 10.1. The predicted molar refractivity (Wildman–Crippen MR) is 107 cm³/mol. The standard InChI is InChI=1S/C20H22N4S/c1-15-9-16(2)11-18(10-15)22-20(25)23(3)13-17-12-21-24(14-17)19-7-5-4-6-8-19/h4-12,14H,13H2,1-3H3,(H,22,25). The molecule has 1 N–H and O–H groups in total. The summed E-state index contributed by atoms with van der Waals surface area (Å²) in [5, 5.41) is 8.44. The molecule has 0 fully saturated rings. The minimum absolute atomic E-state index is 0.692. The molecule has 128 valence electrons. The number of benzene rings is 2. The van der Waals surface area contributed by atoms with Crippen molar-refractivity contribution >= 4 is 23.0 Å². The molecule has 5 heteroatoms. The number of thiocarbonyl (C=S) groups is 1. The summed E-state index contributed by atoms with van der Waals surface area (Å²) in [4.78, 5) is 2.01. The predicted octanol–water partition coefficient (Wildman–Crippen LogP) is 4.32. The number of hydrogen-bond donors (Lipinski definition) is 1. The van der Waals surface area contributed by atoms with Gasteiger partial charge < -0.3 is 10.2 Å². The maximum absolute atomic E-state index is 5.53.